The molecule has 5 heteroatoms. The number of rotatable bonds is 4. The average Bonchev–Trinajstić information content (AvgIpc) is 2.22. The van der Waals surface area contributed by atoms with E-state index in [-0.39, 0.29) is 18.5 Å². The number of halogens is 2. The zero-order valence-corrected chi connectivity index (χ0v) is 8.84. The molecule has 1 aromatic carbocycles. The normalized spacial score (nSPS) is 14.5. The summed E-state index contributed by atoms with van der Waals surface area (Å²) < 4.78 is 25.9. The lowest BCUT2D eigenvalue weighted by Gasteiger charge is -2.22. The van der Waals surface area contributed by atoms with Crippen molar-refractivity contribution in [3.05, 3.63) is 35.4 Å². The van der Waals surface area contributed by atoms with Gasteiger partial charge in [-0.3, -0.25) is 4.79 Å². The fraction of sp³-hybridized carbons (Fsp3) is 0.364. The number of aliphatic carboxylic acids is 1. The second-order valence-corrected chi connectivity index (χ2v) is 3.98. The molecule has 0 heterocycles. The number of hydrogen-bond donors (Lipinski definition) is 2. The highest BCUT2D eigenvalue weighted by Gasteiger charge is 2.32. The standard InChI is InChI=1S/C11H13F2NO2/c1-11(6-14,10(15)16)5-7-2-3-8(12)4-9(7)13/h2-4H,5-6,14H2,1H3,(H,15,16). The molecule has 3 N–H and O–H groups in total. The molecule has 0 aromatic heterocycles. The highest BCUT2D eigenvalue weighted by atomic mass is 19.1. The summed E-state index contributed by atoms with van der Waals surface area (Å²) in [5.41, 5.74) is 4.27. The van der Waals surface area contributed by atoms with Crippen molar-refractivity contribution in [2.75, 3.05) is 6.54 Å². The van der Waals surface area contributed by atoms with E-state index in [0.717, 1.165) is 12.1 Å². The predicted molar refractivity (Wildman–Crippen MR) is 54.9 cm³/mol. The lowest BCUT2D eigenvalue weighted by Crippen LogP contribution is -2.37. The van der Waals surface area contributed by atoms with Gasteiger partial charge in [0.05, 0.1) is 5.41 Å². The molecule has 1 unspecified atom stereocenters. The largest absolute Gasteiger partial charge is 0.481 e. The third-order valence-corrected chi connectivity index (χ3v) is 2.56. The van der Waals surface area contributed by atoms with Crippen molar-refractivity contribution in [2.45, 2.75) is 13.3 Å². The molecule has 0 saturated carbocycles. The van der Waals surface area contributed by atoms with Crippen LogP contribution >= 0.6 is 0 Å². The summed E-state index contributed by atoms with van der Waals surface area (Å²) in [6.07, 6.45) is -0.0645. The molecule has 0 saturated heterocycles. The Morgan fingerprint density at radius 2 is 2.12 bits per heavy atom. The van der Waals surface area contributed by atoms with E-state index < -0.39 is 23.0 Å². The van der Waals surface area contributed by atoms with Crippen molar-refractivity contribution in [3.63, 3.8) is 0 Å². The van der Waals surface area contributed by atoms with E-state index in [2.05, 4.69) is 0 Å². The first-order valence-electron chi connectivity index (χ1n) is 4.76. The minimum Gasteiger partial charge on any atom is -0.481 e. The first-order valence-corrected chi connectivity index (χ1v) is 4.76. The minimum atomic E-state index is -1.24. The van der Waals surface area contributed by atoms with E-state index in [1.54, 1.807) is 0 Å². The average molecular weight is 229 g/mol. The first kappa shape index (κ1) is 12.6. The molecule has 88 valence electrons. The Kier molecular flexibility index (Phi) is 3.59. The maximum atomic E-state index is 13.3. The Balaban J connectivity index is 2.99. The molecule has 1 atom stereocenters. The van der Waals surface area contributed by atoms with Gasteiger partial charge in [-0.2, -0.15) is 0 Å². The number of hydrogen-bond acceptors (Lipinski definition) is 2. The molecule has 0 radical (unpaired) electrons. The maximum Gasteiger partial charge on any atom is 0.310 e. The Morgan fingerprint density at radius 1 is 1.50 bits per heavy atom. The highest BCUT2D eigenvalue weighted by Crippen LogP contribution is 2.23. The fourth-order valence-corrected chi connectivity index (χ4v) is 1.32. The van der Waals surface area contributed by atoms with E-state index >= 15 is 0 Å². The molecule has 0 aliphatic carbocycles. The van der Waals surface area contributed by atoms with Crippen LogP contribution in [0.4, 0.5) is 8.78 Å². The molecule has 1 aromatic rings. The Labute approximate surface area is 91.9 Å². The lowest BCUT2D eigenvalue weighted by molar-refractivity contribution is -0.147. The molecule has 1 rings (SSSR count). The van der Waals surface area contributed by atoms with Gasteiger partial charge in [0.1, 0.15) is 11.6 Å². The van der Waals surface area contributed by atoms with Crippen LogP contribution in [0.2, 0.25) is 0 Å². The zero-order chi connectivity index (χ0) is 12.3. The Bertz CT molecular complexity index is 409. The summed E-state index contributed by atoms with van der Waals surface area (Å²) in [6, 6.07) is 3.06. The van der Waals surface area contributed by atoms with E-state index in [4.69, 9.17) is 10.8 Å². The molecule has 0 fully saturated rings. The van der Waals surface area contributed by atoms with E-state index in [0.29, 0.717) is 0 Å². The van der Waals surface area contributed by atoms with Gasteiger partial charge in [0, 0.05) is 12.6 Å². The summed E-state index contributed by atoms with van der Waals surface area (Å²) in [7, 11) is 0. The van der Waals surface area contributed by atoms with Gasteiger partial charge in [0.2, 0.25) is 0 Å². The third kappa shape index (κ3) is 2.55. The monoisotopic (exact) mass is 229 g/mol. The number of carbonyl (C=O) groups is 1. The number of carboxylic acid groups (broad SMARTS) is 1. The fourth-order valence-electron chi connectivity index (χ4n) is 1.32. The Morgan fingerprint density at radius 3 is 2.56 bits per heavy atom. The van der Waals surface area contributed by atoms with Crippen molar-refractivity contribution < 1.29 is 18.7 Å². The second-order valence-electron chi connectivity index (χ2n) is 3.98. The number of carboxylic acids is 1. The van der Waals surface area contributed by atoms with E-state index in [1.807, 2.05) is 0 Å². The quantitative estimate of drug-likeness (QED) is 0.823. The summed E-state index contributed by atoms with van der Waals surface area (Å²) in [5, 5.41) is 8.96. The SMILES string of the molecule is CC(CN)(Cc1ccc(F)cc1F)C(=O)O. The van der Waals surface area contributed by atoms with Crippen LogP contribution < -0.4 is 5.73 Å². The number of benzene rings is 1. The summed E-state index contributed by atoms with van der Waals surface area (Å²) in [5.74, 6) is -2.54. The van der Waals surface area contributed by atoms with Gasteiger partial charge in [-0.05, 0) is 25.0 Å². The topological polar surface area (TPSA) is 63.3 Å². The van der Waals surface area contributed by atoms with Crippen LogP contribution in [-0.4, -0.2) is 17.6 Å². The van der Waals surface area contributed by atoms with Crippen molar-refractivity contribution in [1.29, 1.82) is 0 Å². The van der Waals surface area contributed by atoms with Gasteiger partial charge in [-0.1, -0.05) is 6.07 Å². The lowest BCUT2D eigenvalue weighted by atomic mass is 9.83. The van der Waals surface area contributed by atoms with Gasteiger partial charge in [-0.15, -0.1) is 0 Å². The minimum absolute atomic E-state index is 0.0645. The molecule has 16 heavy (non-hydrogen) atoms. The van der Waals surface area contributed by atoms with Crippen molar-refractivity contribution in [3.8, 4) is 0 Å². The molecule has 0 bridgehead atoms. The highest BCUT2D eigenvalue weighted by molar-refractivity contribution is 5.74. The molecular formula is C11H13F2NO2. The van der Waals surface area contributed by atoms with Crippen molar-refractivity contribution >= 4 is 5.97 Å². The predicted octanol–water partition coefficient (Wildman–Crippen LogP) is 1.56. The van der Waals surface area contributed by atoms with Crippen LogP contribution in [0.5, 0.6) is 0 Å². The third-order valence-electron chi connectivity index (χ3n) is 2.56. The van der Waals surface area contributed by atoms with Crippen LogP contribution in [0.25, 0.3) is 0 Å². The maximum absolute atomic E-state index is 13.3. The van der Waals surface area contributed by atoms with Crippen LogP contribution in [-0.2, 0) is 11.2 Å². The van der Waals surface area contributed by atoms with Gasteiger partial charge in [0.25, 0.3) is 0 Å². The van der Waals surface area contributed by atoms with Crippen molar-refractivity contribution in [1.82, 2.24) is 0 Å². The summed E-state index contributed by atoms with van der Waals surface area (Å²) in [4.78, 5) is 11.0. The molecular weight excluding hydrogens is 216 g/mol. The first-order chi connectivity index (χ1) is 7.39. The van der Waals surface area contributed by atoms with Gasteiger partial charge in [-0.25, -0.2) is 8.78 Å². The Hall–Kier alpha value is -1.49. The van der Waals surface area contributed by atoms with Gasteiger partial charge >= 0.3 is 5.97 Å². The van der Waals surface area contributed by atoms with Crippen LogP contribution in [0.15, 0.2) is 18.2 Å². The van der Waals surface area contributed by atoms with Crippen LogP contribution in [0.1, 0.15) is 12.5 Å². The zero-order valence-electron chi connectivity index (χ0n) is 8.84. The number of nitrogens with two attached hydrogens (primary N) is 1. The summed E-state index contributed by atoms with van der Waals surface area (Å²) >= 11 is 0. The molecule has 3 nitrogen and oxygen atoms in total. The molecule has 0 amide bonds. The van der Waals surface area contributed by atoms with E-state index in [9.17, 15) is 13.6 Å². The second kappa shape index (κ2) is 4.57. The smallest absolute Gasteiger partial charge is 0.310 e. The van der Waals surface area contributed by atoms with Gasteiger partial charge < -0.3 is 10.8 Å². The summed E-state index contributed by atoms with van der Waals surface area (Å²) in [6.45, 7) is 1.32. The van der Waals surface area contributed by atoms with E-state index in [1.165, 1.54) is 13.0 Å². The van der Waals surface area contributed by atoms with Crippen LogP contribution in [0, 0.1) is 17.0 Å². The van der Waals surface area contributed by atoms with Crippen LogP contribution in [0.3, 0.4) is 0 Å². The molecule has 0 aliphatic rings. The molecule has 0 spiro atoms. The van der Waals surface area contributed by atoms with Gasteiger partial charge in [0.15, 0.2) is 0 Å². The molecule has 0 aliphatic heterocycles. The van der Waals surface area contributed by atoms with Crippen molar-refractivity contribution in [2.24, 2.45) is 11.1 Å².